The predicted octanol–water partition coefficient (Wildman–Crippen LogP) is 9.28. The van der Waals surface area contributed by atoms with Gasteiger partial charge in [0, 0.05) is 33.4 Å². The molecule has 4 heteroatoms. The first-order chi connectivity index (χ1) is 18.0. The molecule has 0 aliphatic rings. The van der Waals surface area contributed by atoms with Crippen molar-refractivity contribution in [2.45, 2.75) is 46.1 Å². The van der Waals surface area contributed by atoms with Crippen molar-refractivity contribution in [3.05, 3.63) is 107 Å². The fraction of sp³-hybridized carbons (Fsp3) is 0.212. The second-order valence-corrected chi connectivity index (χ2v) is 11.2. The Bertz CT molecular complexity index is 1680. The number of para-hydroxylation sites is 2. The molecule has 0 saturated heterocycles. The van der Waals surface area contributed by atoms with Gasteiger partial charge in [0.2, 0.25) is 0 Å². The lowest BCUT2D eigenvalue weighted by molar-refractivity contribution is 0.750. The number of nitrogens with zero attached hydrogens (tertiary/aromatic N) is 3. The van der Waals surface area contributed by atoms with Crippen molar-refractivity contribution >= 4 is 32.5 Å². The molecule has 0 radical (unpaired) electrons. The van der Waals surface area contributed by atoms with E-state index in [0.29, 0.717) is 11.8 Å². The van der Waals surface area contributed by atoms with Crippen LogP contribution in [0.4, 0.5) is 0 Å². The third-order valence-electron chi connectivity index (χ3n) is 7.29. The van der Waals surface area contributed by atoms with E-state index in [4.69, 9.17) is 4.98 Å². The van der Waals surface area contributed by atoms with Gasteiger partial charge in [0.1, 0.15) is 5.82 Å². The summed E-state index contributed by atoms with van der Waals surface area (Å²) in [7, 11) is 0. The summed E-state index contributed by atoms with van der Waals surface area (Å²) >= 11 is 1.79. The van der Waals surface area contributed by atoms with E-state index < -0.39 is 0 Å². The summed E-state index contributed by atoms with van der Waals surface area (Å²) < 4.78 is 3.71. The minimum absolute atomic E-state index is 0.455. The largest absolute Gasteiger partial charge is 0.319 e. The van der Waals surface area contributed by atoms with E-state index in [0.717, 1.165) is 17.9 Å². The van der Waals surface area contributed by atoms with E-state index in [-0.39, 0.29) is 0 Å². The lowest BCUT2D eigenvalue weighted by Crippen LogP contribution is -2.10. The fourth-order valence-electron chi connectivity index (χ4n) is 5.41. The molecule has 184 valence electrons. The van der Waals surface area contributed by atoms with Gasteiger partial charge in [0.25, 0.3) is 0 Å². The maximum atomic E-state index is 5.21. The van der Waals surface area contributed by atoms with Crippen LogP contribution in [0.2, 0.25) is 0 Å². The second-order valence-electron chi connectivity index (χ2n) is 10.3. The van der Waals surface area contributed by atoms with Crippen LogP contribution in [0.3, 0.4) is 0 Å². The minimum Gasteiger partial charge on any atom is -0.319 e. The summed E-state index contributed by atoms with van der Waals surface area (Å²) in [6.07, 6.45) is 3.71. The fourth-order valence-corrected chi connectivity index (χ4v) is 6.33. The maximum Gasteiger partial charge on any atom is 0.142 e. The Kier molecular flexibility index (Phi) is 6.13. The number of pyridine rings is 1. The van der Waals surface area contributed by atoms with Crippen molar-refractivity contribution in [1.29, 1.82) is 0 Å². The van der Waals surface area contributed by atoms with Gasteiger partial charge in [0.15, 0.2) is 0 Å². The number of hydrogen-bond acceptors (Lipinski definition) is 3. The van der Waals surface area contributed by atoms with Crippen LogP contribution in [0.1, 0.15) is 56.2 Å². The zero-order chi connectivity index (χ0) is 25.5. The van der Waals surface area contributed by atoms with Gasteiger partial charge in [-0.1, -0.05) is 64.1 Å². The van der Waals surface area contributed by atoms with Crippen LogP contribution in [0, 0.1) is 0 Å². The third-order valence-corrected chi connectivity index (χ3v) is 8.25. The molecule has 37 heavy (non-hydrogen) atoms. The average Bonchev–Trinajstić information content (AvgIpc) is 3.50. The molecule has 6 rings (SSSR count). The Morgan fingerprint density at radius 1 is 0.784 bits per heavy atom. The van der Waals surface area contributed by atoms with Gasteiger partial charge in [-0.3, -0.25) is 4.98 Å². The highest BCUT2D eigenvalue weighted by Gasteiger charge is 2.20. The number of aromatic nitrogens is 3. The number of hydrogen-bond donors (Lipinski definition) is 0. The zero-order valence-electron chi connectivity index (χ0n) is 21.8. The van der Waals surface area contributed by atoms with Crippen LogP contribution in [0.15, 0.2) is 90.6 Å². The maximum absolute atomic E-state index is 5.21. The van der Waals surface area contributed by atoms with Gasteiger partial charge in [-0.25, -0.2) is 4.98 Å². The Labute approximate surface area is 222 Å². The first kappa shape index (κ1) is 23.6. The minimum atomic E-state index is 0.455. The van der Waals surface area contributed by atoms with Crippen molar-refractivity contribution in [2.24, 2.45) is 0 Å². The van der Waals surface area contributed by atoms with E-state index >= 15 is 0 Å². The quantitative estimate of drug-likeness (QED) is 0.228. The summed E-state index contributed by atoms with van der Waals surface area (Å²) in [4.78, 5) is 9.40. The van der Waals surface area contributed by atoms with Crippen molar-refractivity contribution in [2.75, 3.05) is 0 Å². The highest BCUT2D eigenvalue weighted by molar-refractivity contribution is 7.17. The topological polar surface area (TPSA) is 30.7 Å². The first-order valence-corrected chi connectivity index (χ1v) is 13.9. The highest BCUT2D eigenvalue weighted by atomic mass is 32.1. The second kappa shape index (κ2) is 9.60. The summed E-state index contributed by atoms with van der Waals surface area (Å²) in [5, 5.41) is 3.52. The molecule has 3 aromatic carbocycles. The molecule has 3 heterocycles. The van der Waals surface area contributed by atoms with Crippen molar-refractivity contribution in [1.82, 2.24) is 14.5 Å². The monoisotopic (exact) mass is 501 g/mol. The van der Waals surface area contributed by atoms with E-state index in [9.17, 15) is 0 Å². The molecule has 0 N–H and O–H groups in total. The molecular weight excluding hydrogens is 470 g/mol. The summed E-state index contributed by atoms with van der Waals surface area (Å²) in [6.45, 7) is 9.98. The molecular formula is C33H31N3S. The van der Waals surface area contributed by atoms with Gasteiger partial charge in [-0.15, -0.1) is 11.3 Å². The lowest BCUT2D eigenvalue weighted by Gasteiger charge is -2.21. The van der Waals surface area contributed by atoms with Gasteiger partial charge in [-0.2, -0.15) is 0 Å². The van der Waals surface area contributed by atoms with Gasteiger partial charge < -0.3 is 4.57 Å². The third kappa shape index (κ3) is 4.25. The molecule has 3 nitrogen and oxygen atoms in total. The van der Waals surface area contributed by atoms with E-state index in [1.54, 1.807) is 11.3 Å². The molecule has 6 aromatic rings. The van der Waals surface area contributed by atoms with E-state index in [1.807, 2.05) is 12.4 Å². The van der Waals surface area contributed by atoms with E-state index in [2.05, 4.69) is 115 Å². The molecule has 0 saturated carbocycles. The van der Waals surface area contributed by atoms with Crippen LogP contribution >= 0.6 is 11.3 Å². The summed E-state index contributed by atoms with van der Waals surface area (Å²) in [5.74, 6) is 1.95. The Balaban J connectivity index is 1.57. The summed E-state index contributed by atoms with van der Waals surface area (Å²) in [6, 6.07) is 26.2. The van der Waals surface area contributed by atoms with Crippen LogP contribution in [0.5, 0.6) is 0 Å². The van der Waals surface area contributed by atoms with Gasteiger partial charge >= 0.3 is 0 Å². The average molecular weight is 502 g/mol. The van der Waals surface area contributed by atoms with Crippen molar-refractivity contribution in [3.63, 3.8) is 0 Å². The van der Waals surface area contributed by atoms with Gasteiger partial charge in [-0.05, 0) is 76.1 Å². The molecule has 0 bridgehead atoms. The molecule has 0 aliphatic carbocycles. The SMILES string of the molecule is CC(C)c1cccc(C(C)C)c1Cn1c(-c2csc3ccc(-c4ccncc4)cc23)nc2ccccc21. The van der Waals surface area contributed by atoms with Crippen molar-refractivity contribution < 1.29 is 0 Å². The van der Waals surface area contributed by atoms with Crippen molar-refractivity contribution in [3.8, 4) is 22.5 Å². The molecule has 0 spiro atoms. The molecule has 0 aliphatic heterocycles. The zero-order valence-corrected chi connectivity index (χ0v) is 22.6. The standard InChI is InChI=1S/C33H31N3S/c1-21(2)25-8-7-9-26(22(3)4)28(25)19-36-31-11-6-5-10-30(31)35-33(36)29-20-37-32-13-12-24(18-27(29)32)23-14-16-34-17-15-23/h5-18,20-22H,19H2,1-4H3. The van der Waals surface area contributed by atoms with Crippen LogP contribution < -0.4 is 0 Å². The molecule has 0 amide bonds. The Morgan fingerprint density at radius 2 is 1.51 bits per heavy atom. The highest BCUT2D eigenvalue weighted by Crippen LogP contribution is 2.38. The number of rotatable bonds is 6. The molecule has 0 fully saturated rings. The first-order valence-electron chi connectivity index (χ1n) is 13.0. The summed E-state index contributed by atoms with van der Waals surface area (Å²) in [5.41, 5.74) is 10.1. The lowest BCUT2D eigenvalue weighted by atomic mass is 9.88. The Morgan fingerprint density at radius 3 is 2.24 bits per heavy atom. The molecule has 0 unspecified atom stereocenters. The van der Waals surface area contributed by atoms with E-state index in [1.165, 1.54) is 49.0 Å². The number of thiophene rings is 1. The predicted molar refractivity (Wildman–Crippen MR) is 158 cm³/mol. The normalized spacial score (nSPS) is 11.8. The molecule has 0 atom stereocenters. The molecule has 3 aromatic heterocycles. The van der Waals surface area contributed by atoms with Crippen LogP contribution in [-0.4, -0.2) is 14.5 Å². The smallest absolute Gasteiger partial charge is 0.142 e. The van der Waals surface area contributed by atoms with Crippen LogP contribution in [-0.2, 0) is 6.54 Å². The van der Waals surface area contributed by atoms with Crippen LogP contribution in [0.25, 0.3) is 43.6 Å². The van der Waals surface area contributed by atoms with Gasteiger partial charge in [0.05, 0.1) is 17.6 Å². The number of imidazole rings is 1. The number of fused-ring (bicyclic) bond motifs is 2. The number of benzene rings is 3. The Hall–Kier alpha value is -3.76.